The van der Waals surface area contributed by atoms with Crippen molar-refractivity contribution in [1.82, 2.24) is 25.0 Å². The van der Waals surface area contributed by atoms with Gasteiger partial charge in [0.15, 0.2) is 5.69 Å². The van der Waals surface area contributed by atoms with Crippen LogP contribution >= 0.6 is 0 Å². The van der Waals surface area contributed by atoms with E-state index >= 15 is 0 Å². The summed E-state index contributed by atoms with van der Waals surface area (Å²) in [7, 11) is 0. The first kappa shape index (κ1) is 21.9. The topological polar surface area (TPSA) is 123 Å². The summed E-state index contributed by atoms with van der Waals surface area (Å²) in [5, 5.41) is 7.61. The van der Waals surface area contributed by atoms with Gasteiger partial charge in [-0.05, 0) is 39.0 Å². The Morgan fingerprint density at radius 2 is 1.87 bits per heavy atom. The van der Waals surface area contributed by atoms with Crippen molar-refractivity contribution in [3.8, 4) is 0 Å². The molecule has 9 nitrogen and oxygen atoms in total. The smallest absolute Gasteiger partial charge is 0.269 e. The molecule has 1 aromatic carbocycles. The predicted octanol–water partition coefficient (Wildman–Crippen LogP) is 1.39. The van der Waals surface area contributed by atoms with Gasteiger partial charge in [-0.3, -0.25) is 24.0 Å². The summed E-state index contributed by atoms with van der Waals surface area (Å²) in [6.45, 7) is 5.63. The molecule has 2 heterocycles. The van der Waals surface area contributed by atoms with Gasteiger partial charge in [0.2, 0.25) is 11.8 Å². The molecule has 0 unspecified atom stereocenters. The highest BCUT2D eigenvalue weighted by Gasteiger charge is 2.23. The quantitative estimate of drug-likeness (QED) is 0.568. The van der Waals surface area contributed by atoms with Crippen LogP contribution in [0.25, 0.3) is 10.9 Å². The van der Waals surface area contributed by atoms with E-state index in [0.29, 0.717) is 10.9 Å². The van der Waals surface area contributed by atoms with E-state index in [2.05, 4.69) is 15.4 Å². The molecule has 0 aliphatic rings. The predicted molar refractivity (Wildman–Crippen MR) is 116 cm³/mol. The molecule has 0 aliphatic heterocycles. The molecular weight excluding hydrogens is 396 g/mol. The second-order valence-electron chi connectivity index (χ2n) is 7.55. The number of pyridine rings is 1. The highest BCUT2D eigenvalue weighted by molar-refractivity contribution is 6.04. The summed E-state index contributed by atoms with van der Waals surface area (Å²) in [5.74, 6) is -1.23. The first-order valence-electron chi connectivity index (χ1n) is 10.0. The molecule has 0 saturated carbocycles. The third kappa shape index (κ3) is 5.25. The highest BCUT2D eigenvalue weighted by Crippen LogP contribution is 2.18. The Hall–Kier alpha value is -3.75. The van der Waals surface area contributed by atoms with Gasteiger partial charge in [0, 0.05) is 17.1 Å². The lowest BCUT2D eigenvalue weighted by Gasteiger charge is -2.26. The summed E-state index contributed by atoms with van der Waals surface area (Å²) >= 11 is 0. The largest absolute Gasteiger partial charge is 0.364 e. The number of amides is 3. The molecule has 31 heavy (non-hydrogen) atoms. The van der Waals surface area contributed by atoms with Gasteiger partial charge in [-0.1, -0.05) is 24.3 Å². The number of para-hydroxylation sites is 1. The summed E-state index contributed by atoms with van der Waals surface area (Å²) in [4.78, 5) is 43.0. The van der Waals surface area contributed by atoms with Crippen LogP contribution in [0.4, 0.5) is 0 Å². The third-order valence-electron chi connectivity index (χ3n) is 4.85. The van der Waals surface area contributed by atoms with Crippen LogP contribution in [0.1, 0.15) is 35.7 Å². The standard InChI is InChI=1S/C22H26N6O3/c1-14(2)27(12-19(29)24-11-16-8-6-7-15(3)25-16)20(30)13-28-18-10-5-4-9-17(18)21(26-28)22(23)31/h4-10,14H,11-13H2,1-3H3,(H2,23,31)(H,24,29). The molecule has 2 aromatic heterocycles. The van der Waals surface area contributed by atoms with Crippen molar-refractivity contribution in [3.05, 3.63) is 59.5 Å². The molecule has 0 atom stereocenters. The number of nitrogens with zero attached hydrogens (tertiary/aromatic N) is 4. The number of aryl methyl sites for hydroxylation is 1. The molecule has 0 spiro atoms. The van der Waals surface area contributed by atoms with Gasteiger partial charge < -0.3 is 16.0 Å². The molecule has 3 N–H and O–H groups in total. The number of hydrogen-bond donors (Lipinski definition) is 2. The van der Waals surface area contributed by atoms with Gasteiger partial charge in [-0.15, -0.1) is 0 Å². The van der Waals surface area contributed by atoms with Gasteiger partial charge in [0.05, 0.1) is 24.3 Å². The molecule has 0 fully saturated rings. The van der Waals surface area contributed by atoms with Gasteiger partial charge in [0.25, 0.3) is 5.91 Å². The lowest BCUT2D eigenvalue weighted by molar-refractivity contribution is -0.138. The zero-order valence-corrected chi connectivity index (χ0v) is 17.8. The normalized spacial score (nSPS) is 11.0. The van der Waals surface area contributed by atoms with E-state index in [-0.39, 0.29) is 43.2 Å². The van der Waals surface area contributed by atoms with Crippen molar-refractivity contribution < 1.29 is 14.4 Å². The van der Waals surface area contributed by atoms with Crippen molar-refractivity contribution in [1.29, 1.82) is 0 Å². The minimum Gasteiger partial charge on any atom is -0.364 e. The minimum absolute atomic E-state index is 0.0931. The summed E-state index contributed by atoms with van der Waals surface area (Å²) in [6, 6.07) is 12.5. The van der Waals surface area contributed by atoms with Gasteiger partial charge in [-0.2, -0.15) is 5.10 Å². The van der Waals surface area contributed by atoms with E-state index in [0.717, 1.165) is 11.4 Å². The van der Waals surface area contributed by atoms with Crippen molar-refractivity contribution in [2.75, 3.05) is 6.54 Å². The van der Waals surface area contributed by atoms with Gasteiger partial charge in [-0.25, -0.2) is 0 Å². The Morgan fingerprint density at radius 1 is 1.13 bits per heavy atom. The SMILES string of the molecule is Cc1cccc(CNC(=O)CN(C(=O)Cn2nc(C(N)=O)c3ccccc32)C(C)C)n1. The average Bonchev–Trinajstić information content (AvgIpc) is 3.09. The van der Waals surface area contributed by atoms with E-state index < -0.39 is 5.91 Å². The van der Waals surface area contributed by atoms with Gasteiger partial charge in [0.1, 0.15) is 6.54 Å². The summed E-state index contributed by atoms with van der Waals surface area (Å²) in [6.07, 6.45) is 0. The molecule has 0 aliphatic carbocycles. The van der Waals surface area contributed by atoms with Crippen LogP contribution in [-0.4, -0.2) is 50.0 Å². The molecule has 0 bridgehead atoms. The maximum absolute atomic E-state index is 13.0. The zero-order chi connectivity index (χ0) is 22.5. The van der Waals surface area contributed by atoms with Crippen LogP contribution < -0.4 is 11.1 Å². The van der Waals surface area contributed by atoms with Crippen molar-refractivity contribution in [2.45, 2.75) is 39.9 Å². The maximum atomic E-state index is 13.0. The molecule has 3 amide bonds. The van der Waals surface area contributed by atoms with Crippen molar-refractivity contribution in [2.24, 2.45) is 5.73 Å². The van der Waals surface area contributed by atoms with Crippen LogP contribution in [0, 0.1) is 6.92 Å². The van der Waals surface area contributed by atoms with Crippen LogP contribution in [0.5, 0.6) is 0 Å². The fourth-order valence-electron chi connectivity index (χ4n) is 3.31. The van der Waals surface area contributed by atoms with Crippen LogP contribution in [0.3, 0.4) is 0 Å². The Kier molecular flexibility index (Phi) is 6.64. The number of carbonyl (C=O) groups excluding carboxylic acids is 3. The lowest BCUT2D eigenvalue weighted by atomic mass is 10.2. The number of aromatic nitrogens is 3. The van der Waals surface area contributed by atoms with E-state index in [1.165, 1.54) is 9.58 Å². The number of nitrogens with one attached hydrogen (secondary N) is 1. The fraction of sp³-hybridized carbons (Fsp3) is 0.318. The third-order valence-corrected chi connectivity index (χ3v) is 4.85. The van der Waals surface area contributed by atoms with Crippen LogP contribution in [0.15, 0.2) is 42.5 Å². The van der Waals surface area contributed by atoms with E-state index in [4.69, 9.17) is 5.73 Å². The van der Waals surface area contributed by atoms with E-state index in [1.807, 2.05) is 39.0 Å². The number of benzene rings is 1. The number of fused-ring (bicyclic) bond motifs is 1. The first-order valence-corrected chi connectivity index (χ1v) is 10.0. The van der Waals surface area contributed by atoms with E-state index in [9.17, 15) is 14.4 Å². The number of carbonyl (C=O) groups is 3. The van der Waals surface area contributed by atoms with Gasteiger partial charge >= 0.3 is 0 Å². The average molecular weight is 422 g/mol. The molecule has 162 valence electrons. The summed E-state index contributed by atoms with van der Waals surface area (Å²) < 4.78 is 1.45. The van der Waals surface area contributed by atoms with Crippen molar-refractivity contribution >= 4 is 28.6 Å². The van der Waals surface area contributed by atoms with E-state index in [1.54, 1.807) is 24.3 Å². The number of nitrogens with two attached hydrogens (primary N) is 1. The number of rotatable bonds is 8. The molecule has 3 rings (SSSR count). The Balaban J connectivity index is 1.70. The highest BCUT2D eigenvalue weighted by atomic mass is 16.2. The number of primary amides is 1. The molecule has 9 heteroatoms. The molecule has 3 aromatic rings. The lowest BCUT2D eigenvalue weighted by Crippen LogP contribution is -2.45. The van der Waals surface area contributed by atoms with Crippen LogP contribution in [-0.2, 0) is 22.7 Å². The molecule has 0 radical (unpaired) electrons. The maximum Gasteiger partial charge on any atom is 0.269 e. The van der Waals surface area contributed by atoms with Crippen molar-refractivity contribution in [3.63, 3.8) is 0 Å². The fourth-order valence-corrected chi connectivity index (χ4v) is 3.31. The Morgan fingerprint density at radius 3 is 2.55 bits per heavy atom. The second kappa shape index (κ2) is 9.38. The Bertz CT molecular complexity index is 1120. The molecule has 0 saturated heterocycles. The summed E-state index contributed by atoms with van der Waals surface area (Å²) in [5.41, 5.74) is 7.78. The minimum atomic E-state index is -0.660. The second-order valence-corrected chi connectivity index (χ2v) is 7.55. The van der Waals surface area contributed by atoms with Crippen LogP contribution in [0.2, 0.25) is 0 Å². The zero-order valence-electron chi connectivity index (χ0n) is 17.8. The number of hydrogen-bond acceptors (Lipinski definition) is 5. The Labute approximate surface area is 180 Å². The first-order chi connectivity index (χ1) is 14.8. The monoisotopic (exact) mass is 422 g/mol. The molecular formula is C22H26N6O3.